The summed E-state index contributed by atoms with van der Waals surface area (Å²) in [6.45, 7) is 0. The number of carbonyl (C=O) groups is 2. The molecule has 142 valence electrons. The summed E-state index contributed by atoms with van der Waals surface area (Å²) >= 11 is 0. The minimum absolute atomic E-state index is 0.0415. The number of hydrogen-bond acceptors (Lipinski definition) is 6. The fourth-order valence-electron chi connectivity index (χ4n) is 4.35. The van der Waals surface area contributed by atoms with Gasteiger partial charge in [0.05, 0.1) is 17.9 Å². The highest BCUT2D eigenvalue weighted by atomic mass is 32.2. The maximum Gasteiger partial charge on any atom is 0.357 e. The van der Waals surface area contributed by atoms with E-state index in [4.69, 9.17) is 4.74 Å². The molecule has 2 saturated heterocycles. The molecule has 8 nitrogen and oxygen atoms in total. The summed E-state index contributed by atoms with van der Waals surface area (Å²) in [5.74, 6) is -2.29. The van der Waals surface area contributed by atoms with Crippen molar-refractivity contribution in [2.75, 3.05) is 7.11 Å². The Bertz CT molecular complexity index is 1050. The van der Waals surface area contributed by atoms with Crippen LogP contribution in [-0.4, -0.2) is 53.9 Å². The highest BCUT2D eigenvalue weighted by Crippen LogP contribution is 2.45. The molecule has 4 rings (SSSR count). The van der Waals surface area contributed by atoms with Crippen molar-refractivity contribution in [2.45, 2.75) is 36.2 Å². The van der Waals surface area contributed by atoms with Crippen molar-refractivity contribution in [1.29, 1.82) is 0 Å². The Morgan fingerprint density at radius 1 is 1.22 bits per heavy atom. The normalized spacial score (nSPS) is 25.0. The van der Waals surface area contributed by atoms with E-state index < -0.39 is 33.9 Å². The minimum atomic E-state index is -3.93. The Balaban J connectivity index is 1.85. The number of sulfonamides is 1. The van der Waals surface area contributed by atoms with E-state index in [1.165, 1.54) is 23.7 Å². The lowest BCUT2D eigenvalue weighted by Crippen LogP contribution is -2.37. The van der Waals surface area contributed by atoms with Crippen LogP contribution < -0.4 is 0 Å². The van der Waals surface area contributed by atoms with Crippen LogP contribution in [0.4, 0.5) is 0 Å². The predicted molar refractivity (Wildman–Crippen MR) is 94.7 cm³/mol. The molecule has 0 amide bonds. The smallest absolute Gasteiger partial charge is 0.357 e. The van der Waals surface area contributed by atoms with Crippen LogP contribution in [0.25, 0.3) is 10.8 Å². The number of benzene rings is 1. The zero-order chi connectivity index (χ0) is 19.3. The molecule has 3 heterocycles. The maximum absolute atomic E-state index is 13.4. The lowest BCUT2D eigenvalue weighted by molar-refractivity contribution is -0.142. The number of aliphatic carboxylic acids is 1. The molecule has 1 aromatic heterocycles. The SMILES string of the molecule is COC(=O)c1nccc2c(S(=O)(=O)N3C4CCC3C(C(=O)O)C4)cccc12. The van der Waals surface area contributed by atoms with Gasteiger partial charge in [-0.1, -0.05) is 12.1 Å². The van der Waals surface area contributed by atoms with Gasteiger partial charge in [0.15, 0.2) is 5.69 Å². The number of nitrogens with zero attached hydrogens (tertiary/aromatic N) is 2. The predicted octanol–water partition coefficient (Wildman–Crippen LogP) is 1.65. The molecule has 1 aromatic carbocycles. The molecule has 0 spiro atoms. The van der Waals surface area contributed by atoms with Gasteiger partial charge in [0, 0.05) is 29.1 Å². The van der Waals surface area contributed by atoms with Crippen molar-refractivity contribution in [3.8, 4) is 0 Å². The van der Waals surface area contributed by atoms with E-state index in [0.29, 0.717) is 30.0 Å². The molecule has 2 aliphatic heterocycles. The molecule has 1 N–H and O–H groups in total. The van der Waals surface area contributed by atoms with Gasteiger partial charge < -0.3 is 9.84 Å². The van der Waals surface area contributed by atoms with E-state index in [-0.39, 0.29) is 16.6 Å². The Morgan fingerprint density at radius 2 is 2.00 bits per heavy atom. The molecule has 0 radical (unpaired) electrons. The van der Waals surface area contributed by atoms with Crippen molar-refractivity contribution < 1.29 is 27.9 Å². The van der Waals surface area contributed by atoms with Crippen LogP contribution >= 0.6 is 0 Å². The van der Waals surface area contributed by atoms with Gasteiger partial charge in [0.2, 0.25) is 10.0 Å². The van der Waals surface area contributed by atoms with Crippen molar-refractivity contribution in [3.63, 3.8) is 0 Å². The van der Waals surface area contributed by atoms with Crippen molar-refractivity contribution >= 4 is 32.7 Å². The molecule has 3 unspecified atom stereocenters. The van der Waals surface area contributed by atoms with Crippen molar-refractivity contribution in [1.82, 2.24) is 9.29 Å². The lowest BCUT2D eigenvalue weighted by Gasteiger charge is -2.23. The summed E-state index contributed by atoms with van der Waals surface area (Å²) in [6.07, 6.45) is 2.90. The molecule has 3 atom stereocenters. The van der Waals surface area contributed by atoms with Crippen LogP contribution in [0.1, 0.15) is 29.8 Å². The molecular weight excluding hydrogens is 372 g/mol. The third-order valence-electron chi connectivity index (χ3n) is 5.49. The van der Waals surface area contributed by atoms with Crippen LogP contribution in [0.3, 0.4) is 0 Å². The maximum atomic E-state index is 13.4. The van der Waals surface area contributed by atoms with Gasteiger partial charge in [-0.2, -0.15) is 4.31 Å². The second-order valence-electron chi connectivity index (χ2n) is 6.82. The van der Waals surface area contributed by atoms with E-state index in [1.807, 2.05) is 0 Å². The fraction of sp³-hybridized carbons (Fsp3) is 0.389. The Labute approximate surface area is 155 Å². The summed E-state index contributed by atoms with van der Waals surface area (Å²) < 4.78 is 32.9. The number of pyridine rings is 1. The Morgan fingerprint density at radius 3 is 2.67 bits per heavy atom. The van der Waals surface area contributed by atoms with Gasteiger partial charge in [-0.3, -0.25) is 4.79 Å². The third kappa shape index (κ3) is 2.61. The number of aromatic nitrogens is 1. The van der Waals surface area contributed by atoms with Crippen LogP contribution in [-0.2, 0) is 19.6 Å². The summed E-state index contributed by atoms with van der Waals surface area (Å²) in [5.41, 5.74) is 0.0415. The van der Waals surface area contributed by atoms with E-state index in [1.54, 1.807) is 18.2 Å². The van der Waals surface area contributed by atoms with Crippen molar-refractivity contribution in [3.05, 3.63) is 36.2 Å². The molecular formula is C18H18N2O6S. The molecule has 9 heteroatoms. The molecule has 2 bridgehead atoms. The van der Waals surface area contributed by atoms with Crippen molar-refractivity contribution in [2.24, 2.45) is 5.92 Å². The topological polar surface area (TPSA) is 114 Å². The second kappa shape index (κ2) is 6.28. The summed E-state index contributed by atoms with van der Waals surface area (Å²) in [6, 6.07) is 5.35. The molecule has 0 aliphatic carbocycles. The van der Waals surface area contributed by atoms with E-state index in [2.05, 4.69) is 4.98 Å². The van der Waals surface area contributed by atoms with Gasteiger partial charge in [-0.25, -0.2) is 18.2 Å². The number of carboxylic acids is 1. The number of ether oxygens (including phenoxy) is 1. The second-order valence-corrected chi connectivity index (χ2v) is 8.63. The molecule has 2 aliphatic rings. The zero-order valence-corrected chi connectivity index (χ0v) is 15.3. The number of esters is 1. The third-order valence-corrected chi connectivity index (χ3v) is 7.53. The van der Waals surface area contributed by atoms with E-state index in [0.717, 1.165) is 0 Å². The summed E-state index contributed by atoms with van der Waals surface area (Å²) in [7, 11) is -2.69. The first kappa shape index (κ1) is 17.9. The molecule has 0 saturated carbocycles. The van der Waals surface area contributed by atoms with Crippen LogP contribution in [0, 0.1) is 5.92 Å². The number of rotatable bonds is 4. The summed E-state index contributed by atoms with van der Waals surface area (Å²) in [5, 5.41) is 10.2. The largest absolute Gasteiger partial charge is 0.481 e. The highest BCUT2D eigenvalue weighted by molar-refractivity contribution is 7.89. The monoisotopic (exact) mass is 390 g/mol. The van der Waals surface area contributed by atoms with Crippen LogP contribution in [0.2, 0.25) is 0 Å². The molecule has 2 fully saturated rings. The molecule has 2 aromatic rings. The fourth-order valence-corrected chi connectivity index (χ4v) is 6.48. The van der Waals surface area contributed by atoms with Gasteiger partial charge in [0.1, 0.15) is 0 Å². The standard InChI is InChI=1S/C18H18N2O6S/c1-26-18(23)16-12-3-2-4-15(11(12)7-8-19-16)27(24,25)20-10-5-6-14(20)13(9-10)17(21)22/h2-4,7-8,10,13-14H,5-6,9H2,1H3,(H,21,22). The van der Waals surface area contributed by atoms with Gasteiger partial charge in [-0.15, -0.1) is 0 Å². The first-order valence-corrected chi connectivity index (χ1v) is 10.0. The van der Waals surface area contributed by atoms with Crippen LogP contribution in [0.15, 0.2) is 35.4 Å². The highest BCUT2D eigenvalue weighted by Gasteiger charge is 2.54. The van der Waals surface area contributed by atoms with E-state index >= 15 is 0 Å². The number of fused-ring (bicyclic) bond motifs is 3. The van der Waals surface area contributed by atoms with Gasteiger partial charge in [-0.05, 0) is 31.4 Å². The van der Waals surface area contributed by atoms with Gasteiger partial charge >= 0.3 is 11.9 Å². The molecule has 27 heavy (non-hydrogen) atoms. The Hall–Kier alpha value is -2.52. The average molecular weight is 390 g/mol. The average Bonchev–Trinajstić information content (AvgIpc) is 3.25. The number of carbonyl (C=O) groups excluding carboxylic acids is 1. The number of methoxy groups -OCH3 is 1. The first-order valence-electron chi connectivity index (χ1n) is 8.58. The zero-order valence-electron chi connectivity index (χ0n) is 14.5. The van der Waals surface area contributed by atoms with Crippen LogP contribution in [0.5, 0.6) is 0 Å². The number of hydrogen-bond donors (Lipinski definition) is 1. The first-order chi connectivity index (χ1) is 12.9. The minimum Gasteiger partial charge on any atom is -0.481 e. The van der Waals surface area contributed by atoms with E-state index in [9.17, 15) is 23.1 Å². The quantitative estimate of drug-likeness (QED) is 0.790. The van der Waals surface area contributed by atoms with Gasteiger partial charge in [0.25, 0.3) is 0 Å². The Kier molecular flexibility index (Phi) is 4.15. The number of carboxylic acid groups (broad SMARTS) is 1. The lowest BCUT2D eigenvalue weighted by atomic mass is 9.89. The summed E-state index contributed by atoms with van der Waals surface area (Å²) in [4.78, 5) is 27.5.